The highest BCUT2D eigenvalue weighted by Gasteiger charge is 2.32. The fourth-order valence-corrected chi connectivity index (χ4v) is 5.02. The monoisotopic (exact) mass is 307 g/mol. The van der Waals surface area contributed by atoms with Gasteiger partial charge >= 0.3 is 0 Å². The van der Waals surface area contributed by atoms with Crippen LogP contribution in [0.3, 0.4) is 0 Å². The third-order valence-electron chi connectivity index (χ3n) is 5.41. The number of thiophene rings is 1. The fraction of sp³-hybridized carbons (Fsp3) is 0.778. The van der Waals surface area contributed by atoms with Crippen LogP contribution in [0, 0.1) is 5.92 Å². The van der Waals surface area contributed by atoms with Crippen LogP contribution in [0.4, 0.5) is 0 Å². The van der Waals surface area contributed by atoms with E-state index in [0.29, 0.717) is 6.04 Å². The van der Waals surface area contributed by atoms with Crippen LogP contribution in [0.25, 0.3) is 0 Å². The average Bonchev–Trinajstić information content (AvgIpc) is 3.14. The topological polar surface area (TPSA) is 32.3 Å². The van der Waals surface area contributed by atoms with Gasteiger partial charge in [-0.2, -0.15) is 0 Å². The Morgan fingerprint density at radius 1 is 1.14 bits per heavy atom. The first-order valence-corrected chi connectivity index (χ1v) is 9.64. The molecule has 3 heteroatoms. The first-order valence-electron chi connectivity index (χ1n) is 8.76. The van der Waals surface area contributed by atoms with Crippen molar-refractivity contribution in [2.45, 2.75) is 75.9 Å². The minimum Gasteiger partial charge on any atom is -0.389 e. The summed E-state index contributed by atoms with van der Waals surface area (Å²) < 4.78 is 0. The van der Waals surface area contributed by atoms with E-state index in [1.807, 2.05) is 11.3 Å². The van der Waals surface area contributed by atoms with Crippen molar-refractivity contribution >= 4 is 11.3 Å². The quantitative estimate of drug-likeness (QED) is 0.776. The molecule has 2 saturated carbocycles. The van der Waals surface area contributed by atoms with E-state index in [4.69, 9.17) is 0 Å². The SMILES string of the molecule is OC1(CNC(c2cccs2)C2CCCC2)CCCCCC1. The predicted octanol–water partition coefficient (Wildman–Crippen LogP) is 4.65. The minimum atomic E-state index is -0.468. The summed E-state index contributed by atoms with van der Waals surface area (Å²) in [4.78, 5) is 1.46. The van der Waals surface area contributed by atoms with E-state index in [1.54, 1.807) is 0 Å². The molecule has 21 heavy (non-hydrogen) atoms. The molecule has 0 spiro atoms. The lowest BCUT2D eigenvalue weighted by Crippen LogP contribution is -2.42. The van der Waals surface area contributed by atoms with Gasteiger partial charge in [0.05, 0.1) is 5.60 Å². The molecule has 1 atom stereocenters. The third-order valence-corrected chi connectivity index (χ3v) is 6.36. The second-order valence-electron chi connectivity index (χ2n) is 7.06. The molecule has 2 nitrogen and oxygen atoms in total. The molecule has 2 fully saturated rings. The molecule has 2 N–H and O–H groups in total. The zero-order valence-electron chi connectivity index (χ0n) is 13.0. The van der Waals surface area contributed by atoms with Gasteiger partial charge < -0.3 is 10.4 Å². The smallest absolute Gasteiger partial charge is 0.0771 e. The van der Waals surface area contributed by atoms with Gasteiger partial charge in [-0.25, -0.2) is 0 Å². The summed E-state index contributed by atoms with van der Waals surface area (Å²) in [6.07, 6.45) is 12.3. The highest BCUT2D eigenvalue weighted by atomic mass is 32.1. The van der Waals surface area contributed by atoms with Gasteiger partial charge in [0, 0.05) is 17.5 Å². The van der Waals surface area contributed by atoms with E-state index >= 15 is 0 Å². The summed E-state index contributed by atoms with van der Waals surface area (Å²) in [6.45, 7) is 0.770. The molecule has 3 rings (SSSR count). The minimum absolute atomic E-state index is 0.458. The molecule has 0 aliphatic heterocycles. The second kappa shape index (κ2) is 7.26. The number of aliphatic hydroxyl groups is 1. The van der Waals surface area contributed by atoms with E-state index in [1.165, 1.54) is 56.2 Å². The number of nitrogens with one attached hydrogen (secondary N) is 1. The maximum absolute atomic E-state index is 10.9. The first kappa shape index (κ1) is 15.5. The Kier molecular flexibility index (Phi) is 5.36. The van der Waals surface area contributed by atoms with E-state index < -0.39 is 5.60 Å². The fourth-order valence-electron chi connectivity index (χ4n) is 4.12. The standard InChI is InChI=1S/C18H29NOS/c20-18(11-5-1-2-6-12-18)14-19-17(15-8-3-4-9-15)16-10-7-13-21-16/h7,10,13,15,17,19-20H,1-6,8-9,11-12,14H2. The van der Waals surface area contributed by atoms with Crippen molar-refractivity contribution < 1.29 is 5.11 Å². The van der Waals surface area contributed by atoms with E-state index in [0.717, 1.165) is 25.3 Å². The summed E-state index contributed by atoms with van der Waals surface area (Å²) in [5.74, 6) is 0.762. The van der Waals surface area contributed by atoms with Crippen LogP contribution in [0.1, 0.15) is 75.1 Å². The van der Waals surface area contributed by atoms with Gasteiger partial charge in [-0.05, 0) is 43.0 Å². The largest absolute Gasteiger partial charge is 0.389 e. The van der Waals surface area contributed by atoms with Crippen LogP contribution >= 0.6 is 11.3 Å². The Morgan fingerprint density at radius 2 is 1.86 bits per heavy atom. The van der Waals surface area contributed by atoms with Crippen LogP contribution in [0.2, 0.25) is 0 Å². The summed E-state index contributed by atoms with van der Waals surface area (Å²) in [5.41, 5.74) is -0.468. The highest BCUT2D eigenvalue weighted by molar-refractivity contribution is 7.10. The maximum Gasteiger partial charge on any atom is 0.0771 e. The Bertz CT molecular complexity index is 403. The normalized spacial score (nSPS) is 24.8. The molecule has 1 aromatic heterocycles. The molecule has 0 bridgehead atoms. The van der Waals surface area contributed by atoms with Gasteiger partial charge in [0.25, 0.3) is 0 Å². The van der Waals surface area contributed by atoms with Crippen LogP contribution in [-0.2, 0) is 0 Å². The Labute approximate surface area is 133 Å². The first-order chi connectivity index (χ1) is 10.3. The molecule has 0 radical (unpaired) electrons. The number of rotatable bonds is 5. The lowest BCUT2D eigenvalue weighted by molar-refractivity contribution is 0.0208. The van der Waals surface area contributed by atoms with Crippen molar-refractivity contribution in [3.05, 3.63) is 22.4 Å². The molecule has 0 aromatic carbocycles. The van der Waals surface area contributed by atoms with Crippen molar-refractivity contribution in [2.75, 3.05) is 6.54 Å². The molecule has 1 unspecified atom stereocenters. The zero-order valence-corrected chi connectivity index (χ0v) is 13.8. The number of hydrogen-bond acceptors (Lipinski definition) is 3. The molecule has 2 aliphatic carbocycles. The highest BCUT2D eigenvalue weighted by Crippen LogP contribution is 2.38. The molecule has 0 amide bonds. The Morgan fingerprint density at radius 3 is 2.48 bits per heavy atom. The molecular formula is C18H29NOS. The molecule has 0 saturated heterocycles. The Hall–Kier alpha value is -0.380. The van der Waals surface area contributed by atoms with Gasteiger partial charge in [0.15, 0.2) is 0 Å². The maximum atomic E-state index is 10.9. The van der Waals surface area contributed by atoms with Crippen molar-refractivity contribution in [2.24, 2.45) is 5.92 Å². The second-order valence-corrected chi connectivity index (χ2v) is 8.04. The predicted molar refractivity (Wildman–Crippen MR) is 89.7 cm³/mol. The van der Waals surface area contributed by atoms with Gasteiger partial charge in [-0.15, -0.1) is 11.3 Å². The molecule has 1 heterocycles. The van der Waals surface area contributed by atoms with Crippen LogP contribution in [0.15, 0.2) is 17.5 Å². The van der Waals surface area contributed by atoms with Crippen LogP contribution in [-0.4, -0.2) is 17.3 Å². The van der Waals surface area contributed by atoms with Crippen LogP contribution in [0.5, 0.6) is 0 Å². The summed E-state index contributed by atoms with van der Waals surface area (Å²) in [7, 11) is 0. The van der Waals surface area contributed by atoms with Crippen molar-refractivity contribution in [1.82, 2.24) is 5.32 Å². The average molecular weight is 308 g/mol. The van der Waals surface area contributed by atoms with Crippen LogP contribution < -0.4 is 5.32 Å². The van der Waals surface area contributed by atoms with E-state index in [9.17, 15) is 5.11 Å². The number of hydrogen-bond donors (Lipinski definition) is 2. The lowest BCUT2D eigenvalue weighted by atomic mass is 9.92. The molecule has 2 aliphatic rings. The van der Waals surface area contributed by atoms with E-state index in [-0.39, 0.29) is 0 Å². The van der Waals surface area contributed by atoms with Crippen molar-refractivity contribution in [3.63, 3.8) is 0 Å². The van der Waals surface area contributed by atoms with Gasteiger partial charge in [-0.3, -0.25) is 0 Å². The summed E-state index contributed by atoms with van der Waals surface area (Å²) >= 11 is 1.86. The van der Waals surface area contributed by atoms with Gasteiger partial charge in [0.1, 0.15) is 0 Å². The zero-order chi connectivity index (χ0) is 14.5. The molecular weight excluding hydrogens is 278 g/mol. The molecule has 1 aromatic rings. The van der Waals surface area contributed by atoms with Crippen molar-refractivity contribution in [1.29, 1.82) is 0 Å². The summed E-state index contributed by atoms with van der Waals surface area (Å²) in [6, 6.07) is 4.88. The molecule has 118 valence electrons. The Balaban J connectivity index is 1.64. The van der Waals surface area contributed by atoms with Crippen molar-refractivity contribution in [3.8, 4) is 0 Å². The third kappa shape index (κ3) is 4.08. The lowest BCUT2D eigenvalue weighted by Gasteiger charge is -2.31. The van der Waals surface area contributed by atoms with Gasteiger partial charge in [-0.1, -0.05) is 44.6 Å². The summed E-state index contributed by atoms with van der Waals surface area (Å²) in [5, 5.41) is 16.8. The van der Waals surface area contributed by atoms with E-state index in [2.05, 4.69) is 22.8 Å². The van der Waals surface area contributed by atoms with Gasteiger partial charge in [0.2, 0.25) is 0 Å².